The minimum atomic E-state index is -0.470. The third-order valence-corrected chi connectivity index (χ3v) is 4.80. The molecule has 0 aliphatic carbocycles. The lowest BCUT2D eigenvalue weighted by molar-refractivity contribution is -0.135. The Balaban J connectivity index is 1.73. The summed E-state index contributed by atoms with van der Waals surface area (Å²) in [5.41, 5.74) is 1.86. The normalized spacial score (nSPS) is 16.1. The molecule has 2 amide bonds. The summed E-state index contributed by atoms with van der Waals surface area (Å²) in [6, 6.07) is 16.6. The van der Waals surface area contributed by atoms with Crippen LogP contribution in [-0.2, 0) is 20.9 Å². The van der Waals surface area contributed by atoms with Crippen LogP contribution >= 0.6 is 0 Å². The van der Waals surface area contributed by atoms with Gasteiger partial charge in [0.15, 0.2) is 0 Å². The van der Waals surface area contributed by atoms with Gasteiger partial charge in [-0.05, 0) is 24.6 Å². The zero-order valence-corrected chi connectivity index (χ0v) is 16.1. The first kappa shape index (κ1) is 19.6. The van der Waals surface area contributed by atoms with Crippen molar-refractivity contribution in [3.8, 4) is 0 Å². The monoisotopic (exact) mass is 380 g/mol. The van der Waals surface area contributed by atoms with Gasteiger partial charge in [0, 0.05) is 26.6 Å². The van der Waals surface area contributed by atoms with Gasteiger partial charge >= 0.3 is 5.97 Å². The number of carbonyl (C=O) groups excluding carboxylic acids is 3. The van der Waals surface area contributed by atoms with Crippen LogP contribution in [0.25, 0.3) is 0 Å². The summed E-state index contributed by atoms with van der Waals surface area (Å²) < 4.78 is 5.09. The lowest BCUT2D eigenvalue weighted by atomic mass is 10.1. The number of hydrogen-bond donors (Lipinski definition) is 0. The summed E-state index contributed by atoms with van der Waals surface area (Å²) in [5, 5.41) is 0. The molecular weight excluding hydrogens is 356 g/mol. The van der Waals surface area contributed by atoms with E-state index in [0.717, 1.165) is 5.56 Å². The van der Waals surface area contributed by atoms with Crippen LogP contribution in [-0.4, -0.2) is 42.9 Å². The maximum Gasteiger partial charge on any atom is 0.340 e. The Morgan fingerprint density at radius 1 is 1.11 bits per heavy atom. The Morgan fingerprint density at radius 2 is 1.79 bits per heavy atom. The van der Waals surface area contributed by atoms with Crippen molar-refractivity contribution in [2.75, 3.05) is 25.1 Å². The molecule has 1 atom stereocenters. The predicted molar refractivity (Wildman–Crippen MR) is 106 cm³/mol. The van der Waals surface area contributed by atoms with Gasteiger partial charge in [-0.1, -0.05) is 42.5 Å². The zero-order valence-electron chi connectivity index (χ0n) is 16.1. The highest BCUT2D eigenvalue weighted by atomic mass is 16.5. The van der Waals surface area contributed by atoms with E-state index in [4.69, 9.17) is 4.74 Å². The van der Waals surface area contributed by atoms with Crippen molar-refractivity contribution < 1.29 is 19.1 Å². The van der Waals surface area contributed by atoms with Crippen LogP contribution in [0.1, 0.15) is 29.3 Å². The van der Waals surface area contributed by atoms with Gasteiger partial charge in [-0.25, -0.2) is 4.79 Å². The molecule has 2 aromatic rings. The molecule has 0 saturated carbocycles. The SMILES string of the molecule is CCOC(=O)c1ccccc1N1CC(C(=O)N(C)Cc2ccccc2)CC1=O. The third-order valence-electron chi connectivity index (χ3n) is 4.80. The molecule has 1 saturated heterocycles. The first-order valence-electron chi connectivity index (χ1n) is 9.36. The highest BCUT2D eigenvalue weighted by Gasteiger charge is 2.37. The molecule has 1 fully saturated rings. The second-order valence-electron chi connectivity index (χ2n) is 6.82. The Morgan fingerprint density at radius 3 is 2.50 bits per heavy atom. The fraction of sp³-hybridized carbons (Fsp3) is 0.318. The minimum absolute atomic E-state index is 0.0756. The maximum atomic E-state index is 12.8. The molecule has 0 radical (unpaired) electrons. The zero-order chi connectivity index (χ0) is 20.1. The van der Waals surface area contributed by atoms with Crippen molar-refractivity contribution in [3.05, 3.63) is 65.7 Å². The highest BCUT2D eigenvalue weighted by Crippen LogP contribution is 2.29. The van der Waals surface area contributed by atoms with Crippen LogP contribution in [0.3, 0.4) is 0 Å². The number of ether oxygens (including phenoxy) is 1. The molecule has 0 N–H and O–H groups in total. The van der Waals surface area contributed by atoms with E-state index in [1.165, 1.54) is 4.90 Å². The Hall–Kier alpha value is -3.15. The highest BCUT2D eigenvalue weighted by molar-refractivity contribution is 6.05. The van der Waals surface area contributed by atoms with Gasteiger partial charge in [-0.3, -0.25) is 9.59 Å². The molecule has 1 aliphatic heterocycles. The van der Waals surface area contributed by atoms with E-state index < -0.39 is 11.9 Å². The van der Waals surface area contributed by atoms with Crippen LogP contribution in [0, 0.1) is 5.92 Å². The summed E-state index contributed by atoms with van der Waals surface area (Å²) in [7, 11) is 1.75. The van der Waals surface area contributed by atoms with Gasteiger partial charge in [-0.2, -0.15) is 0 Å². The molecule has 0 bridgehead atoms. The van der Waals surface area contributed by atoms with Crippen molar-refractivity contribution in [2.45, 2.75) is 19.9 Å². The van der Waals surface area contributed by atoms with Crippen molar-refractivity contribution in [3.63, 3.8) is 0 Å². The van der Waals surface area contributed by atoms with E-state index in [2.05, 4.69) is 0 Å². The van der Waals surface area contributed by atoms with Crippen LogP contribution in [0.2, 0.25) is 0 Å². The largest absolute Gasteiger partial charge is 0.462 e. The molecule has 2 aromatic carbocycles. The summed E-state index contributed by atoms with van der Waals surface area (Å²) in [6.07, 6.45) is 0.134. The van der Waals surface area contributed by atoms with E-state index in [1.807, 2.05) is 30.3 Å². The second kappa shape index (κ2) is 8.69. The number of benzene rings is 2. The van der Waals surface area contributed by atoms with Crippen LogP contribution in [0.4, 0.5) is 5.69 Å². The summed E-state index contributed by atoms with van der Waals surface area (Å²) in [6.45, 7) is 2.74. The molecule has 0 spiro atoms. The molecule has 28 heavy (non-hydrogen) atoms. The molecule has 146 valence electrons. The number of amides is 2. The van der Waals surface area contributed by atoms with E-state index >= 15 is 0 Å². The molecule has 0 aromatic heterocycles. The Labute approximate surface area is 164 Å². The minimum Gasteiger partial charge on any atom is -0.462 e. The second-order valence-corrected chi connectivity index (χ2v) is 6.82. The predicted octanol–water partition coefficient (Wildman–Crippen LogP) is 2.87. The lowest BCUT2D eigenvalue weighted by Gasteiger charge is -2.22. The van der Waals surface area contributed by atoms with E-state index in [-0.39, 0.29) is 31.4 Å². The lowest BCUT2D eigenvalue weighted by Crippen LogP contribution is -2.34. The van der Waals surface area contributed by atoms with Crippen molar-refractivity contribution in [2.24, 2.45) is 5.92 Å². The summed E-state index contributed by atoms with van der Waals surface area (Å²) in [5.74, 6) is -1.14. The third kappa shape index (κ3) is 4.22. The first-order chi connectivity index (χ1) is 13.5. The van der Waals surface area contributed by atoms with E-state index in [0.29, 0.717) is 17.8 Å². The summed E-state index contributed by atoms with van der Waals surface area (Å²) in [4.78, 5) is 40.8. The van der Waals surface area contributed by atoms with Gasteiger partial charge < -0.3 is 14.5 Å². The molecule has 6 nitrogen and oxygen atoms in total. The van der Waals surface area contributed by atoms with E-state index in [9.17, 15) is 14.4 Å². The van der Waals surface area contributed by atoms with Crippen LogP contribution < -0.4 is 4.90 Å². The van der Waals surface area contributed by atoms with Gasteiger partial charge in [-0.15, -0.1) is 0 Å². The number of rotatable bonds is 6. The van der Waals surface area contributed by atoms with Crippen molar-refractivity contribution >= 4 is 23.5 Å². The molecular formula is C22H24N2O4. The average Bonchev–Trinajstić information content (AvgIpc) is 3.09. The number of nitrogens with zero attached hydrogens (tertiary/aromatic N) is 2. The maximum absolute atomic E-state index is 12.8. The quantitative estimate of drug-likeness (QED) is 0.723. The molecule has 6 heteroatoms. The van der Waals surface area contributed by atoms with E-state index in [1.54, 1.807) is 43.1 Å². The average molecular weight is 380 g/mol. The van der Waals surface area contributed by atoms with Gasteiger partial charge in [0.25, 0.3) is 0 Å². The van der Waals surface area contributed by atoms with Crippen LogP contribution in [0.15, 0.2) is 54.6 Å². The van der Waals surface area contributed by atoms with Crippen LogP contribution in [0.5, 0.6) is 0 Å². The Bertz CT molecular complexity index is 866. The van der Waals surface area contributed by atoms with Gasteiger partial charge in [0.05, 0.1) is 23.8 Å². The number of hydrogen-bond acceptors (Lipinski definition) is 4. The van der Waals surface area contributed by atoms with Gasteiger partial charge in [0.2, 0.25) is 11.8 Å². The fourth-order valence-electron chi connectivity index (χ4n) is 3.44. The standard InChI is InChI=1S/C22H24N2O4/c1-3-28-22(27)18-11-7-8-12-19(18)24-15-17(13-20(24)25)21(26)23(2)14-16-9-5-4-6-10-16/h4-12,17H,3,13-15H2,1-2H3. The number of anilines is 1. The number of esters is 1. The number of carbonyl (C=O) groups is 3. The summed E-state index contributed by atoms with van der Waals surface area (Å²) >= 11 is 0. The number of para-hydroxylation sites is 1. The van der Waals surface area contributed by atoms with Gasteiger partial charge in [0.1, 0.15) is 0 Å². The molecule has 1 unspecified atom stereocenters. The molecule has 3 rings (SSSR count). The Kier molecular flexibility index (Phi) is 6.09. The topological polar surface area (TPSA) is 66.9 Å². The van der Waals surface area contributed by atoms with Crippen molar-refractivity contribution in [1.29, 1.82) is 0 Å². The smallest absolute Gasteiger partial charge is 0.340 e. The first-order valence-corrected chi connectivity index (χ1v) is 9.36. The molecule has 1 aliphatic rings. The fourth-order valence-corrected chi connectivity index (χ4v) is 3.44. The van der Waals surface area contributed by atoms with Crippen molar-refractivity contribution in [1.82, 2.24) is 4.90 Å². The molecule has 1 heterocycles.